The fourth-order valence-electron chi connectivity index (χ4n) is 2.63. The Morgan fingerprint density at radius 2 is 2.14 bits per heavy atom. The number of hydrogen-bond acceptors (Lipinski definition) is 2. The number of hydrogen-bond donors (Lipinski definition) is 1. The molecule has 1 aliphatic rings. The molecule has 0 aliphatic carbocycles. The van der Waals surface area contributed by atoms with E-state index in [-0.39, 0.29) is 17.8 Å². The molecule has 6 heteroatoms. The van der Waals surface area contributed by atoms with Gasteiger partial charge in [0.1, 0.15) is 0 Å². The summed E-state index contributed by atoms with van der Waals surface area (Å²) in [6.45, 7) is 2.68. The fraction of sp³-hybridized carbons (Fsp3) is 0.600. The zero-order chi connectivity index (χ0) is 15.5. The summed E-state index contributed by atoms with van der Waals surface area (Å²) in [6.07, 6.45) is -0.769. The first kappa shape index (κ1) is 16.6. The Hall–Kier alpha value is -0.750. The van der Waals surface area contributed by atoms with Crippen molar-refractivity contribution in [2.75, 3.05) is 11.9 Å². The number of benzene rings is 1. The van der Waals surface area contributed by atoms with Crippen LogP contribution in [0.3, 0.4) is 0 Å². The van der Waals surface area contributed by atoms with Gasteiger partial charge in [-0.1, -0.05) is 29.3 Å². The Labute approximate surface area is 131 Å². The molecule has 2 rings (SSSR count). The first-order chi connectivity index (χ1) is 9.90. The number of rotatable bonds is 4. The van der Waals surface area contributed by atoms with Crippen LogP contribution in [-0.4, -0.2) is 18.8 Å². The summed E-state index contributed by atoms with van der Waals surface area (Å²) in [5.41, 5.74) is -0.483. The second-order valence-corrected chi connectivity index (χ2v) is 6.25. The van der Waals surface area contributed by atoms with Gasteiger partial charge in [0.25, 0.3) is 0 Å². The molecule has 0 amide bonds. The molecule has 1 aromatic carbocycles. The normalized spacial score (nSPS) is 23.1. The molecule has 0 spiro atoms. The molecule has 1 fully saturated rings. The molecule has 1 heterocycles. The van der Waals surface area contributed by atoms with Crippen molar-refractivity contribution in [2.45, 2.75) is 50.9 Å². The van der Waals surface area contributed by atoms with Gasteiger partial charge in [0.05, 0.1) is 11.7 Å². The van der Waals surface area contributed by atoms with Crippen molar-refractivity contribution in [1.82, 2.24) is 0 Å². The molecule has 1 aromatic rings. The van der Waals surface area contributed by atoms with Gasteiger partial charge in [0.2, 0.25) is 0 Å². The molecule has 1 N–H and O–H groups in total. The average Bonchev–Trinajstić information content (AvgIpc) is 2.40. The van der Waals surface area contributed by atoms with Gasteiger partial charge in [-0.15, -0.1) is 0 Å². The van der Waals surface area contributed by atoms with Crippen LogP contribution in [0.15, 0.2) is 22.7 Å². The molecule has 1 aliphatic heterocycles. The summed E-state index contributed by atoms with van der Waals surface area (Å²) < 4.78 is 45.3. The van der Waals surface area contributed by atoms with Crippen LogP contribution in [0, 0.1) is 0 Å². The summed E-state index contributed by atoms with van der Waals surface area (Å²) in [5, 5.41) is 3.05. The van der Waals surface area contributed by atoms with Crippen molar-refractivity contribution in [2.24, 2.45) is 0 Å². The zero-order valence-electron chi connectivity index (χ0n) is 11.8. The second kappa shape index (κ2) is 7.01. The van der Waals surface area contributed by atoms with Gasteiger partial charge in [-0.05, 0) is 37.5 Å². The lowest BCUT2D eigenvalue weighted by atomic mass is 9.99. The lowest BCUT2D eigenvalue weighted by Gasteiger charge is -2.31. The molecular formula is C15H19BrF3NO. The van der Waals surface area contributed by atoms with E-state index in [0.29, 0.717) is 11.1 Å². The van der Waals surface area contributed by atoms with E-state index in [4.69, 9.17) is 4.74 Å². The smallest absolute Gasteiger partial charge is 0.382 e. The fourth-order valence-corrected chi connectivity index (χ4v) is 2.99. The van der Waals surface area contributed by atoms with Crippen molar-refractivity contribution < 1.29 is 17.9 Å². The number of ether oxygens (including phenoxy) is 1. The Kier molecular flexibility index (Phi) is 5.54. The van der Waals surface area contributed by atoms with Gasteiger partial charge in [-0.2, -0.15) is 13.2 Å². The van der Waals surface area contributed by atoms with Crippen LogP contribution in [0.25, 0.3) is 0 Å². The Bertz CT molecular complexity index is 476. The lowest BCUT2D eigenvalue weighted by Crippen LogP contribution is -2.34. The Morgan fingerprint density at radius 3 is 2.81 bits per heavy atom. The van der Waals surface area contributed by atoms with Crippen molar-refractivity contribution in [3.8, 4) is 0 Å². The third-order valence-electron chi connectivity index (χ3n) is 3.62. The summed E-state index contributed by atoms with van der Waals surface area (Å²) in [4.78, 5) is 0. The third-order valence-corrected chi connectivity index (χ3v) is 4.12. The molecule has 2 unspecified atom stereocenters. The molecule has 0 bridgehead atoms. The van der Waals surface area contributed by atoms with Gasteiger partial charge in [0.15, 0.2) is 0 Å². The highest BCUT2D eigenvalue weighted by Crippen LogP contribution is 2.37. The van der Waals surface area contributed by atoms with E-state index in [0.717, 1.165) is 31.7 Å². The molecule has 118 valence electrons. The van der Waals surface area contributed by atoms with E-state index < -0.39 is 11.7 Å². The van der Waals surface area contributed by atoms with Crippen LogP contribution < -0.4 is 5.32 Å². The van der Waals surface area contributed by atoms with Gasteiger partial charge in [-0.3, -0.25) is 0 Å². The average molecular weight is 366 g/mol. The monoisotopic (exact) mass is 365 g/mol. The van der Waals surface area contributed by atoms with Crippen LogP contribution in [0.2, 0.25) is 0 Å². The molecule has 2 nitrogen and oxygen atoms in total. The van der Waals surface area contributed by atoms with Gasteiger partial charge in [0, 0.05) is 22.8 Å². The van der Waals surface area contributed by atoms with Crippen LogP contribution in [0.1, 0.15) is 38.2 Å². The largest absolute Gasteiger partial charge is 0.418 e. The van der Waals surface area contributed by atoms with Crippen molar-refractivity contribution in [1.29, 1.82) is 0 Å². The Balaban J connectivity index is 2.12. The number of alkyl halides is 3. The molecule has 2 atom stereocenters. The SMILES string of the molecule is CCCC1CC(Nc2ccc(Br)cc2C(F)(F)F)CCO1. The van der Waals surface area contributed by atoms with Crippen LogP contribution in [0.5, 0.6) is 0 Å². The minimum Gasteiger partial charge on any atom is -0.382 e. The van der Waals surface area contributed by atoms with Crippen LogP contribution in [-0.2, 0) is 10.9 Å². The Morgan fingerprint density at radius 1 is 1.38 bits per heavy atom. The van der Waals surface area contributed by atoms with E-state index in [1.807, 2.05) is 0 Å². The third kappa shape index (κ3) is 4.61. The maximum atomic E-state index is 13.1. The number of nitrogens with one attached hydrogen (secondary N) is 1. The highest BCUT2D eigenvalue weighted by Gasteiger charge is 2.34. The molecule has 1 saturated heterocycles. The summed E-state index contributed by atoms with van der Waals surface area (Å²) >= 11 is 3.10. The standard InChI is InChI=1S/C15H19BrF3NO/c1-2-3-12-9-11(6-7-21-12)20-14-5-4-10(16)8-13(14)15(17,18)19/h4-5,8,11-12,20H,2-3,6-7,9H2,1H3. The molecule has 0 radical (unpaired) electrons. The predicted octanol–water partition coefficient (Wildman–Crippen LogP) is 5.23. The minimum absolute atomic E-state index is 0.0255. The number of halogens is 4. The summed E-state index contributed by atoms with van der Waals surface area (Å²) in [7, 11) is 0. The van der Waals surface area contributed by atoms with Gasteiger partial charge >= 0.3 is 6.18 Å². The minimum atomic E-state index is -4.36. The quantitative estimate of drug-likeness (QED) is 0.788. The highest BCUT2D eigenvalue weighted by molar-refractivity contribution is 9.10. The van der Waals surface area contributed by atoms with Crippen molar-refractivity contribution in [3.63, 3.8) is 0 Å². The van der Waals surface area contributed by atoms with Crippen LogP contribution >= 0.6 is 15.9 Å². The topological polar surface area (TPSA) is 21.3 Å². The maximum absolute atomic E-state index is 13.1. The van der Waals surface area contributed by atoms with E-state index in [1.165, 1.54) is 6.07 Å². The first-order valence-corrected chi connectivity index (χ1v) is 7.94. The number of anilines is 1. The van der Waals surface area contributed by atoms with Crippen molar-refractivity contribution in [3.05, 3.63) is 28.2 Å². The van der Waals surface area contributed by atoms with Gasteiger partial charge in [-0.25, -0.2) is 0 Å². The molecule has 0 saturated carbocycles. The first-order valence-electron chi connectivity index (χ1n) is 7.15. The summed E-state index contributed by atoms with van der Waals surface area (Å²) in [6, 6.07) is 4.25. The summed E-state index contributed by atoms with van der Waals surface area (Å²) in [5.74, 6) is 0. The van der Waals surface area contributed by atoms with E-state index >= 15 is 0 Å². The van der Waals surface area contributed by atoms with Gasteiger partial charge < -0.3 is 10.1 Å². The van der Waals surface area contributed by atoms with E-state index in [2.05, 4.69) is 28.2 Å². The molecular weight excluding hydrogens is 347 g/mol. The van der Waals surface area contributed by atoms with Crippen LogP contribution in [0.4, 0.5) is 18.9 Å². The van der Waals surface area contributed by atoms with E-state index in [9.17, 15) is 13.2 Å². The predicted molar refractivity (Wildman–Crippen MR) is 80.4 cm³/mol. The zero-order valence-corrected chi connectivity index (χ0v) is 13.4. The van der Waals surface area contributed by atoms with Crippen molar-refractivity contribution >= 4 is 21.6 Å². The van der Waals surface area contributed by atoms with E-state index in [1.54, 1.807) is 6.07 Å². The highest BCUT2D eigenvalue weighted by atomic mass is 79.9. The molecule has 0 aromatic heterocycles. The molecule has 21 heavy (non-hydrogen) atoms. The lowest BCUT2D eigenvalue weighted by molar-refractivity contribution is -0.137. The second-order valence-electron chi connectivity index (χ2n) is 5.33. The maximum Gasteiger partial charge on any atom is 0.418 e.